The van der Waals surface area contributed by atoms with Crippen molar-refractivity contribution < 1.29 is 17.9 Å². The van der Waals surface area contributed by atoms with Crippen LogP contribution in [0.15, 0.2) is 23.1 Å². The summed E-state index contributed by atoms with van der Waals surface area (Å²) in [6.07, 6.45) is 1.58. The normalized spacial score (nSPS) is 24.8. The number of sulfonamides is 1. The Kier molecular flexibility index (Phi) is 4.46. The van der Waals surface area contributed by atoms with E-state index in [-0.39, 0.29) is 17.5 Å². The van der Waals surface area contributed by atoms with Gasteiger partial charge in [0.15, 0.2) is 0 Å². The highest BCUT2D eigenvalue weighted by atomic mass is 32.2. The van der Waals surface area contributed by atoms with Gasteiger partial charge in [0.05, 0.1) is 6.61 Å². The summed E-state index contributed by atoms with van der Waals surface area (Å²) in [4.78, 5) is -0.309. The Morgan fingerprint density at radius 1 is 1.40 bits per heavy atom. The lowest BCUT2D eigenvalue weighted by Crippen LogP contribution is -2.44. The molecule has 2 rings (SSSR count). The molecule has 4 nitrogen and oxygen atoms in total. The average molecular weight is 301 g/mol. The zero-order valence-corrected chi connectivity index (χ0v) is 12.5. The highest BCUT2D eigenvalue weighted by molar-refractivity contribution is 7.89. The fourth-order valence-electron chi connectivity index (χ4n) is 2.72. The van der Waals surface area contributed by atoms with Crippen molar-refractivity contribution in [2.24, 2.45) is 5.92 Å². The summed E-state index contributed by atoms with van der Waals surface area (Å²) in [5.41, 5.74) is 0.363. The molecule has 1 fully saturated rings. The molecular formula is C14H20FNO3S. The number of piperidine rings is 1. The van der Waals surface area contributed by atoms with Gasteiger partial charge in [-0.3, -0.25) is 0 Å². The summed E-state index contributed by atoms with van der Waals surface area (Å²) in [7, 11) is -3.81. The molecule has 1 aliphatic heterocycles. The van der Waals surface area contributed by atoms with Gasteiger partial charge in [0.2, 0.25) is 10.0 Å². The third-order valence-corrected chi connectivity index (χ3v) is 5.89. The van der Waals surface area contributed by atoms with Gasteiger partial charge in [-0.25, -0.2) is 12.8 Å². The topological polar surface area (TPSA) is 57.6 Å². The summed E-state index contributed by atoms with van der Waals surface area (Å²) >= 11 is 0. The van der Waals surface area contributed by atoms with E-state index in [4.69, 9.17) is 5.11 Å². The van der Waals surface area contributed by atoms with Gasteiger partial charge in [-0.2, -0.15) is 4.31 Å². The lowest BCUT2D eigenvalue weighted by Gasteiger charge is -2.35. The number of rotatable bonds is 3. The summed E-state index contributed by atoms with van der Waals surface area (Å²) in [6, 6.07) is 3.62. The fourth-order valence-corrected chi connectivity index (χ4v) is 4.42. The first-order chi connectivity index (χ1) is 9.36. The van der Waals surface area contributed by atoms with Gasteiger partial charge in [0.25, 0.3) is 0 Å². The molecule has 0 bridgehead atoms. The van der Waals surface area contributed by atoms with Crippen LogP contribution in [0.4, 0.5) is 4.39 Å². The fraction of sp³-hybridized carbons (Fsp3) is 0.571. The second kappa shape index (κ2) is 5.79. The molecule has 1 N–H and O–H groups in total. The maximum atomic E-state index is 14.0. The van der Waals surface area contributed by atoms with Gasteiger partial charge in [-0.05, 0) is 43.4 Å². The monoisotopic (exact) mass is 301 g/mol. The molecule has 112 valence electrons. The van der Waals surface area contributed by atoms with Gasteiger partial charge in [-0.15, -0.1) is 0 Å². The standard InChI is InChI=1S/C14H20FNO3S/c1-10-5-6-16(11(2)7-10)20(18,19)14-4-3-12(9-17)8-13(14)15/h3-4,8,10-11,17H,5-7,9H2,1-2H3. The van der Waals surface area contributed by atoms with E-state index >= 15 is 0 Å². The van der Waals surface area contributed by atoms with Crippen molar-refractivity contribution in [2.75, 3.05) is 6.54 Å². The SMILES string of the molecule is CC1CCN(S(=O)(=O)c2ccc(CO)cc2F)C(C)C1. The molecule has 1 saturated heterocycles. The van der Waals surface area contributed by atoms with Crippen LogP contribution in [0.2, 0.25) is 0 Å². The van der Waals surface area contributed by atoms with Crippen molar-refractivity contribution in [2.45, 2.75) is 44.2 Å². The molecule has 2 unspecified atom stereocenters. The summed E-state index contributed by atoms with van der Waals surface area (Å²) < 4.78 is 40.4. The van der Waals surface area contributed by atoms with Crippen LogP contribution in [0.5, 0.6) is 0 Å². The Bertz CT molecular complexity index is 588. The van der Waals surface area contributed by atoms with E-state index in [9.17, 15) is 12.8 Å². The Morgan fingerprint density at radius 2 is 2.10 bits per heavy atom. The molecule has 0 saturated carbocycles. The van der Waals surface area contributed by atoms with Gasteiger partial charge in [-0.1, -0.05) is 13.0 Å². The largest absolute Gasteiger partial charge is 0.392 e. The molecule has 2 atom stereocenters. The van der Waals surface area contributed by atoms with Crippen LogP contribution in [-0.2, 0) is 16.6 Å². The smallest absolute Gasteiger partial charge is 0.246 e. The van der Waals surface area contributed by atoms with Crippen LogP contribution in [0, 0.1) is 11.7 Å². The third-order valence-electron chi connectivity index (χ3n) is 3.84. The molecule has 1 aromatic carbocycles. The molecule has 0 spiro atoms. The zero-order valence-electron chi connectivity index (χ0n) is 11.7. The van der Waals surface area contributed by atoms with E-state index < -0.39 is 15.8 Å². The van der Waals surface area contributed by atoms with Crippen molar-refractivity contribution in [1.29, 1.82) is 0 Å². The number of benzene rings is 1. The summed E-state index contributed by atoms with van der Waals surface area (Å²) in [6.45, 7) is 4.06. The van der Waals surface area contributed by atoms with Gasteiger partial charge < -0.3 is 5.11 Å². The second-order valence-corrected chi connectivity index (χ2v) is 7.38. The number of hydrogen-bond donors (Lipinski definition) is 1. The van der Waals surface area contributed by atoms with Crippen molar-refractivity contribution >= 4 is 10.0 Å². The molecule has 6 heteroatoms. The molecule has 0 aliphatic carbocycles. The predicted molar refractivity (Wildman–Crippen MR) is 74.1 cm³/mol. The Morgan fingerprint density at radius 3 is 2.65 bits per heavy atom. The summed E-state index contributed by atoms with van der Waals surface area (Å²) in [5.74, 6) is -0.319. The lowest BCUT2D eigenvalue weighted by atomic mass is 9.95. The van der Waals surface area contributed by atoms with Gasteiger partial charge in [0.1, 0.15) is 10.7 Å². The first-order valence-electron chi connectivity index (χ1n) is 6.77. The number of aliphatic hydroxyl groups is 1. The molecule has 1 aliphatic rings. The van der Waals surface area contributed by atoms with Crippen molar-refractivity contribution in [3.8, 4) is 0 Å². The Hall–Kier alpha value is -0.980. The number of aliphatic hydroxyl groups excluding tert-OH is 1. The van der Waals surface area contributed by atoms with E-state index in [1.54, 1.807) is 0 Å². The van der Waals surface area contributed by atoms with Crippen LogP contribution in [0.25, 0.3) is 0 Å². The lowest BCUT2D eigenvalue weighted by molar-refractivity contribution is 0.219. The molecule has 0 aromatic heterocycles. The first kappa shape index (κ1) is 15.4. The van der Waals surface area contributed by atoms with E-state index in [0.29, 0.717) is 18.0 Å². The first-order valence-corrected chi connectivity index (χ1v) is 8.21. The third kappa shape index (κ3) is 2.87. The Balaban J connectivity index is 2.35. The number of hydrogen-bond acceptors (Lipinski definition) is 3. The van der Waals surface area contributed by atoms with Gasteiger partial charge >= 0.3 is 0 Å². The van der Waals surface area contributed by atoms with E-state index in [1.165, 1.54) is 16.4 Å². The van der Waals surface area contributed by atoms with Crippen molar-refractivity contribution in [3.63, 3.8) is 0 Å². The predicted octanol–water partition coefficient (Wildman–Crippen LogP) is 2.13. The van der Waals surface area contributed by atoms with E-state index in [2.05, 4.69) is 6.92 Å². The maximum absolute atomic E-state index is 14.0. The van der Waals surface area contributed by atoms with Crippen LogP contribution in [0.3, 0.4) is 0 Å². The quantitative estimate of drug-likeness (QED) is 0.930. The molecule has 1 aromatic rings. The van der Waals surface area contributed by atoms with E-state index in [1.807, 2.05) is 6.92 Å². The summed E-state index contributed by atoms with van der Waals surface area (Å²) in [5, 5.41) is 8.95. The average Bonchev–Trinajstić information content (AvgIpc) is 2.37. The highest BCUT2D eigenvalue weighted by Gasteiger charge is 2.34. The van der Waals surface area contributed by atoms with Crippen LogP contribution < -0.4 is 0 Å². The minimum Gasteiger partial charge on any atom is -0.392 e. The number of nitrogens with zero attached hydrogens (tertiary/aromatic N) is 1. The zero-order chi connectivity index (χ0) is 14.9. The maximum Gasteiger partial charge on any atom is 0.246 e. The number of halogens is 1. The molecule has 20 heavy (non-hydrogen) atoms. The van der Waals surface area contributed by atoms with Crippen LogP contribution in [-0.4, -0.2) is 30.4 Å². The van der Waals surface area contributed by atoms with Crippen molar-refractivity contribution in [1.82, 2.24) is 4.31 Å². The molecule has 0 radical (unpaired) electrons. The Labute approximate surface area is 119 Å². The van der Waals surface area contributed by atoms with Crippen molar-refractivity contribution in [3.05, 3.63) is 29.6 Å². The molecular weight excluding hydrogens is 281 g/mol. The minimum absolute atomic E-state index is 0.124. The van der Waals surface area contributed by atoms with Crippen LogP contribution >= 0.6 is 0 Å². The minimum atomic E-state index is -3.81. The highest BCUT2D eigenvalue weighted by Crippen LogP contribution is 2.29. The van der Waals surface area contributed by atoms with Gasteiger partial charge in [0, 0.05) is 12.6 Å². The molecule has 1 heterocycles. The molecule has 0 amide bonds. The van der Waals surface area contributed by atoms with E-state index in [0.717, 1.165) is 18.9 Å². The second-order valence-electron chi connectivity index (χ2n) is 5.52. The van der Waals surface area contributed by atoms with Crippen LogP contribution in [0.1, 0.15) is 32.3 Å².